The van der Waals surface area contributed by atoms with Crippen molar-refractivity contribution in [3.8, 4) is 6.07 Å². The molecule has 0 radical (unpaired) electrons. The smallest absolute Gasteiger partial charge is 0.184 e. The Labute approximate surface area is 105 Å². The van der Waals surface area contributed by atoms with Crippen LogP contribution in [0.3, 0.4) is 0 Å². The van der Waals surface area contributed by atoms with Gasteiger partial charge in [-0.25, -0.2) is 0 Å². The highest BCUT2D eigenvalue weighted by Gasteiger charge is 2.41. The fraction of sp³-hybridized carbons (Fsp3) is 0.385. The van der Waals surface area contributed by atoms with E-state index in [0.717, 1.165) is 0 Å². The van der Waals surface area contributed by atoms with Crippen molar-refractivity contribution in [3.63, 3.8) is 0 Å². The first-order valence-corrected chi connectivity index (χ1v) is 5.86. The van der Waals surface area contributed by atoms with Crippen molar-refractivity contribution >= 4 is 17.4 Å². The van der Waals surface area contributed by atoms with Gasteiger partial charge in [0.1, 0.15) is 5.41 Å². The molecule has 0 unspecified atom stereocenters. The molecule has 1 heterocycles. The number of hydrogen-bond acceptors (Lipinski definition) is 3. The summed E-state index contributed by atoms with van der Waals surface area (Å²) >= 11 is 6.00. The molecule has 1 fully saturated rings. The lowest BCUT2D eigenvalue weighted by Gasteiger charge is -2.29. The number of Topliss-reactive ketones (excluding diaryl/α,β-unsaturated/α-hetero) is 1. The maximum absolute atomic E-state index is 12.4. The summed E-state index contributed by atoms with van der Waals surface area (Å²) in [5.74, 6) is -0.186. The van der Waals surface area contributed by atoms with Crippen LogP contribution in [0.4, 0.5) is 0 Å². The molecule has 1 aromatic rings. The minimum absolute atomic E-state index is 0.186. The molecule has 1 saturated heterocycles. The van der Waals surface area contributed by atoms with Crippen molar-refractivity contribution in [1.82, 2.24) is 0 Å². The monoisotopic (exact) mass is 249 g/mol. The van der Waals surface area contributed by atoms with Crippen LogP contribution in [0, 0.1) is 16.7 Å². The summed E-state index contributed by atoms with van der Waals surface area (Å²) < 4.78 is 5.21. The molecule has 0 N–H and O–H groups in total. The number of carbonyl (C=O) groups excluding carboxylic acids is 1. The van der Waals surface area contributed by atoms with Crippen LogP contribution >= 0.6 is 11.6 Å². The molecule has 2 rings (SSSR count). The first-order valence-electron chi connectivity index (χ1n) is 5.48. The van der Waals surface area contributed by atoms with Crippen molar-refractivity contribution < 1.29 is 9.53 Å². The molecule has 0 atom stereocenters. The molecule has 1 aliphatic rings. The van der Waals surface area contributed by atoms with Gasteiger partial charge >= 0.3 is 0 Å². The molecule has 4 heteroatoms. The number of ketones is 1. The number of rotatable bonds is 2. The highest BCUT2D eigenvalue weighted by atomic mass is 35.5. The quantitative estimate of drug-likeness (QED) is 0.758. The summed E-state index contributed by atoms with van der Waals surface area (Å²) in [6.45, 7) is 0.896. The van der Waals surface area contributed by atoms with E-state index >= 15 is 0 Å². The second-order valence-corrected chi connectivity index (χ2v) is 4.52. The van der Waals surface area contributed by atoms with Crippen LogP contribution < -0.4 is 0 Å². The molecule has 0 saturated carbocycles. The topological polar surface area (TPSA) is 50.1 Å². The van der Waals surface area contributed by atoms with Crippen LogP contribution in [0.5, 0.6) is 0 Å². The number of hydrogen-bond donors (Lipinski definition) is 0. The van der Waals surface area contributed by atoms with Crippen molar-refractivity contribution in [2.75, 3.05) is 13.2 Å². The Morgan fingerprint density at radius 2 is 2.00 bits per heavy atom. The Morgan fingerprint density at radius 1 is 1.35 bits per heavy atom. The summed E-state index contributed by atoms with van der Waals surface area (Å²) in [4.78, 5) is 12.4. The van der Waals surface area contributed by atoms with Gasteiger partial charge in [-0.1, -0.05) is 23.7 Å². The van der Waals surface area contributed by atoms with E-state index in [1.165, 1.54) is 0 Å². The van der Waals surface area contributed by atoms with E-state index in [1.54, 1.807) is 24.3 Å². The Bertz CT molecular complexity index is 473. The van der Waals surface area contributed by atoms with Crippen LogP contribution in [-0.2, 0) is 4.74 Å². The fourth-order valence-corrected chi connectivity index (χ4v) is 2.23. The van der Waals surface area contributed by atoms with Crippen LogP contribution in [-0.4, -0.2) is 19.0 Å². The Hall–Kier alpha value is -1.37. The number of carbonyl (C=O) groups is 1. The molecule has 1 aromatic carbocycles. The van der Waals surface area contributed by atoms with Gasteiger partial charge in [-0.3, -0.25) is 4.79 Å². The minimum Gasteiger partial charge on any atom is -0.381 e. The lowest BCUT2D eigenvalue weighted by molar-refractivity contribution is 0.0355. The maximum Gasteiger partial charge on any atom is 0.184 e. The number of ether oxygens (including phenoxy) is 1. The normalized spacial score (nSPS) is 18.4. The summed E-state index contributed by atoms with van der Waals surface area (Å²) in [7, 11) is 0. The van der Waals surface area contributed by atoms with Gasteiger partial charge in [-0.15, -0.1) is 0 Å². The second kappa shape index (κ2) is 4.87. The molecule has 0 spiro atoms. The zero-order valence-electron chi connectivity index (χ0n) is 9.28. The predicted molar refractivity (Wildman–Crippen MR) is 63.9 cm³/mol. The predicted octanol–water partition coefficient (Wildman–Crippen LogP) is 2.84. The lowest BCUT2D eigenvalue weighted by Crippen LogP contribution is -2.36. The third-order valence-electron chi connectivity index (χ3n) is 3.11. The Kier molecular flexibility index (Phi) is 3.46. The molecule has 0 amide bonds. The second-order valence-electron chi connectivity index (χ2n) is 4.12. The van der Waals surface area contributed by atoms with Gasteiger partial charge in [-0.05, 0) is 25.0 Å². The molecule has 0 bridgehead atoms. The highest BCUT2D eigenvalue weighted by Crippen LogP contribution is 2.35. The third kappa shape index (κ3) is 2.19. The molecular weight excluding hydrogens is 238 g/mol. The van der Waals surface area contributed by atoms with Gasteiger partial charge in [0.2, 0.25) is 0 Å². The van der Waals surface area contributed by atoms with Crippen LogP contribution in [0.25, 0.3) is 0 Å². The highest BCUT2D eigenvalue weighted by molar-refractivity contribution is 6.34. The van der Waals surface area contributed by atoms with E-state index in [4.69, 9.17) is 16.3 Å². The number of benzene rings is 1. The average molecular weight is 250 g/mol. The van der Waals surface area contributed by atoms with E-state index in [2.05, 4.69) is 6.07 Å². The van der Waals surface area contributed by atoms with Crippen LogP contribution in [0.15, 0.2) is 24.3 Å². The van der Waals surface area contributed by atoms with Gasteiger partial charge in [0.15, 0.2) is 5.78 Å². The van der Waals surface area contributed by atoms with Crippen molar-refractivity contribution in [2.24, 2.45) is 5.41 Å². The van der Waals surface area contributed by atoms with Gasteiger partial charge in [0.25, 0.3) is 0 Å². The molecule has 0 aromatic heterocycles. The van der Waals surface area contributed by atoms with Crippen LogP contribution in [0.1, 0.15) is 23.2 Å². The van der Waals surface area contributed by atoms with E-state index in [1.807, 2.05) is 0 Å². The van der Waals surface area contributed by atoms with E-state index in [9.17, 15) is 10.1 Å². The van der Waals surface area contributed by atoms with E-state index in [0.29, 0.717) is 36.6 Å². The summed E-state index contributed by atoms with van der Waals surface area (Å²) in [6, 6.07) is 9.01. The number of nitriles is 1. The van der Waals surface area contributed by atoms with Gasteiger partial charge in [0.05, 0.1) is 11.1 Å². The zero-order valence-corrected chi connectivity index (χ0v) is 10.0. The summed E-state index contributed by atoms with van der Waals surface area (Å²) in [5.41, 5.74) is -0.541. The van der Waals surface area contributed by atoms with E-state index < -0.39 is 5.41 Å². The Morgan fingerprint density at radius 3 is 2.59 bits per heavy atom. The number of halogens is 1. The van der Waals surface area contributed by atoms with E-state index in [-0.39, 0.29) is 5.78 Å². The SMILES string of the molecule is N#CC1(C(=O)c2ccccc2Cl)CCOCC1. The summed E-state index contributed by atoms with van der Waals surface area (Å²) in [6.07, 6.45) is 0.876. The molecule has 17 heavy (non-hydrogen) atoms. The third-order valence-corrected chi connectivity index (χ3v) is 3.44. The molecular formula is C13H12ClNO2. The van der Waals surface area contributed by atoms with Crippen molar-refractivity contribution in [2.45, 2.75) is 12.8 Å². The van der Waals surface area contributed by atoms with Crippen molar-refractivity contribution in [1.29, 1.82) is 5.26 Å². The Balaban J connectivity index is 2.36. The molecule has 0 aliphatic carbocycles. The zero-order chi connectivity index (χ0) is 12.3. The lowest BCUT2D eigenvalue weighted by atomic mass is 9.75. The molecule has 1 aliphatic heterocycles. The van der Waals surface area contributed by atoms with Gasteiger partial charge in [-0.2, -0.15) is 5.26 Å². The maximum atomic E-state index is 12.4. The first-order chi connectivity index (χ1) is 8.19. The molecule has 3 nitrogen and oxygen atoms in total. The number of nitrogens with zero attached hydrogens (tertiary/aromatic N) is 1. The summed E-state index contributed by atoms with van der Waals surface area (Å²) in [5, 5.41) is 9.70. The van der Waals surface area contributed by atoms with Crippen LogP contribution in [0.2, 0.25) is 5.02 Å². The van der Waals surface area contributed by atoms with Gasteiger partial charge in [0, 0.05) is 18.8 Å². The fourth-order valence-electron chi connectivity index (χ4n) is 2.01. The average Bonchev–Trinajstić information content (AvgIpc) is 2.39. The largest absolute Gasteiger partial charge is 0.381 e. The standard InChI is InChI=1S/C13H12ClNO2/c14-11-4-2-1-3-10(11)12(16)13(9-15)5-7-17-8-6-13/h1-4H,5-8H2. The molecule has 88 valence electrons. The first kappa shape index (κ1) is 12.1. The van der Waals surface area contributed by atoms with Gasteiger partial charge < -0.3 is 4.74 Å². The minimum atomic E-state index is -0.969. The van der Waals surface area contributed by atoms with Crippen molar-refractivity contribution in [3.05, 3.63) is 34.9 Å².